The molecule has 0 bridgehead atoms. The van der Waals surface area contributed by atoms with Gasteiger partial charge in [-0.3, -0.25) is 34.2 Å². The fourth-order valence-corrected chi connectivity index (χ4v) is 9.85. The summed E-state index contributed by atoms with van der Waals surface area (Å²) in [7, 11) is 1.83. The van der Waals surface area contributed by atoms with E-state index in [4.69, 9.17) is 10.7 Å². The fraction of sp³-hybridized carbons (Fsp3) is 0.476. The average molecular weight is 806 g/mol. The third kappa shape index (κ3) is 7.16. The molecule has 17 nitrogen and oxygen atoms in total. The topological polar surface area (TPSA) is 198 Å². The molecule has 7 heterocycles. The number of aromatic nitrogens is 2. The Morgan fingerprint density at radius 1 is 0.847 bits per heavy atom. The molecule has 3 aromatic rings. The lowest BCUT2D eigenvalue weighted by molar-refractivity contribution is -0.136. The first-order chi connectivity index (χ1) is 28.5. The summed E-state index contributed by atoms with van der Waals surface area (Å²) in [6.07, 6.45) is 7.74. The van der Waals surface area contributed by atoms with Gasteiger partial charge in [-0.1, -0.05) is 0 Å². The van der Waals surface area contributed by atoms with E-state index in [0.29, 0.717) is 24.5 Å². The number of likely N-dealkylation sites (N-methyl/N-ethyl adjacent to an activating group) is 1. The van der Waals surface area contributed by atoms with E-state index in [9.17, 15) is 28.8 Å². The maximum atomic E-state index is 13.5. The number of anilines is 5. The number of carbonyl (C=O) groups is 6. The number of fused-ring (bicyclic) bond motifs is 1. The van der Waals surface area contributed by atoms with Crippen molar-refractivity contribution >= 4 is 64.3 Å². The summed E-state index contributed by atoms with van der Waals surface area (Å²) in [6.45, 7) is 6.29. The molecule has 6 aliphatic heterocycles. The van der Waals surface area contributed by atoms with Crippen molar-refractivity contribution in [1.29, 1.82) is 0 Å². The number of carbonyl (C=O) groups excluding carboxylic acids is 6. The standard InChI is InChI=1S/C42H49N11O6.H2/c1-48-20-21-52(41(48)59)29-4-2-16-50(24-29)33-23-44-35(36(43)55)37(46-33)45-26-5-7-27(8-6-26)49-18-14-42(15-19-49)13-3-17-51(25-42)28-9-10-30-31(22-28)40(58)53(39(30)57)32-11-12-34(54)47-38(32)56;/h5-10,22-23,29,32H,2-4,11-21,24-25H2,1H3,(H2,43,55)(H,45,46)(H,47,54,56);1H/t29-,32?;/m1./s1. The van der Waals surface area contributed by atoms with Gasteiger partial charge in [-0.05, 0) is 92.8 Å². The number of nitrogens with zero attached hydrogens (tertiary/aromatic N) is 8. The molecule has 5 fully saturated rings. The summed E-state index contributed by atoms with van der Waals surface area (Å²) in [4.78, 5) is 96.8. The van der Waals surface area contributed by atoms with Crippen LogP contribution in [0, 0.1) is 5.41 Å². The quantitative estimate of drug-likeness (QED) is 0.282. The number of imide groups is 2. The van der Waals surface area contributed by atoms with E-state index >= 15 is 0 Å². The van der Waals surface area contributed by atoms with Gasteiger partial charge in [-0.15, -0.1) is 0 Å². The van der Waals surface area contributed by atoms with Crippen molar-refractivity contribution in [3.05, 3.63) is 65.5 Å². The van der Waals surface area contributed by atoms with Crippen LogP contribution in [0.25, 0.3) is 0 Å². The van der Waals surface area contributed by atoms with Crippen LogP contribution in [0.1, 0.15) is 84.0 Å². The minimum absolute atomic E-state index is 0. The Morgan fingerprint density at radius 3 is 2.32 bits per heavy atom. The van der Waals surface area contributed by atoms with E-state index in [2.05, 4.69) is 42.5 Å². The Bertz CT molecular complexity index is 2230. The van der Waals surface area contributed by atoms with Crippen LogP contribution in [0.15, 0.2) is 48.7 Å². The van der Waals surface area contributed by atoms with Gasteiger partial charge in [0.05, 0.1) is 23.4 Å². The van der Waals surface area contributed by atoms with Gasteiger partial charge in [0.2, 0.25) is 11.8 Å². The SMILES string of the molecule is CN1CCN([C@@H]2CCCN(c3cnc(C(N)=O)c(Nc4ccc(N5CCC6(CCCN(c7ccc8c(c7)C(=O)N(C7CCC(=O)NC7=O)C8=O)C6)CC5)cc4)n3)C2)C1=O.[HH]. The van der Waals surface area contributed by atoms with Gasteiger partial charge >= 0.3 is 6.03 Å². The number of hydrogen-bond donors (Lipinski definition) is 3. The van der Waals surface area contributed by atoms with Crippen LogP contribution >= 0.6 is 0 Å². The average Bonchev–Trinajstić information content (AvgIpc) is 3.70. The Morgan fingerprint density at radius 2 is 1.59 bits per heavy atom. The van der Waals surface area contributed by atoms with Crippen molar-refractivity contribution in [2.75, 3.05) is 79.4 Å². The lowest BCUT2D eigenvalue weighted by Crippen LogP contribution is -2.54. The molecule has 310 valence electrons. The minimum atomic E-state index is -0.989. The number of piperidine rings is 4. The molecule has 0 saturated carbocycles. The number of urea groups is 1. The first kappa shape index (κ1) is 38.3. The zero-order valence-corrected chi connectivity index (χ0v) is 33.2. The Labute approximate surface area is 343 Å². The van der Waals surface area contributed by atoms with Crippen LogP contribution < -0.4 is 31.1 Å². The van der Waals surface area contributed by atoms with Crippen molar-refractivity contribution in [2.45, 2.75) is 63.5 Å². The summed E-state index contributed by atoms with van der Waals surface area (Å²) in [5.41, 5.74) is 9.20. The zero-order valence-electron chi connectivity index (χ0n) is 33.2. The molecule has 1 spiro atoms. The fourth-order valence-electron chi connectivity index (χ4n) is 9.85. The van der Waals surface area contributed by atoms with Gasteiger partial charge < -0.3 is 35.6 Å². The van der Waals surface area contributed by atoms with Gasteiger partial charge in [0, 0.05) is 84.3 Å². The van der Waals surface area contributed by atoms with Gasteiger partial charge in [0.1, 0.15) is 11.9 Å². The molecule has 1 aromatic heterocycles. The van der Waals surface area contributed by atoms with Crippen LogP contribution in [0.3, 0.4) is 0 Å². The summed E-state index contributed by atoms with van der Waals surface area (Å²) in [5, 5.41) is 5.54. The Hall–Kier alpha value is -6.26. The molecule has 2 atom stereocenters. The van der Waals surface area contributed by atoms with E-state index < -0.39 is 35.6 Å². The highest BCUT2D eigenvalue weighted by molar-refractivity contribution is 6.23. The van der Waals surface area contributed by atoms with Gasteiger partial charge in [0.15, 0.2) is 11.5 Å². The second-order valence-corrected chi connectivity index (χ2v) is 16.8. The number of amides is 7. The van der Waals surface area contributed by atoms with E-state index in [0.717, 1.165) is 99.8 Å². The third-order valence-electron chi connectivity index (χ3n) is 13.2. The number of benzene rings is 2. The second-order valence-electron chi connectivity index (χ2n) is 16.8. The molecule has 7 amide bonds. The number of hydrogen-bond acceptors (Lipinski definition) is 12. The highest BCUT2D eigenvalue weighted by atomic mass is 16.2. The molecule has 1 unspecified atom stereocenters. The molecule has 5 saturated heterocycles. The van der Waals surface area contributed by atoms with E-state index in [1.54, 1.807) is 23.2 Å². The molecule has 59 heavy (non-hydrogen) atoms. The highest BCUT2D eigenvalue weighted by Crippen LogP contribution is 2.43. The number of rotatable bonds is 8. The largest absolute Gasteiger partial charge is 0.371 e. The van der Waals surface area contributed by atoms with Crippen LogP contribution in [-0.4, -0.2) is 132 Å². The molecule has 2 aromatic carbocycles. The number of primary amides is 1. The second kappa shape index (κ2) is 15.2. The predicted molar refractivity (Wildman–Crippen MR) is 221 cm³/mol. The molecule has 0 radical (unpaired) electrons. The zero-order chi connectivity index (χ0) is 41.0. The molecule has 0 aliphatic carbocycles. The maximum absolute atomic E-state index is 13.5. The van der Waals surface area contributed by atoms with Crippen LogP contribution in [0.5, 0.6) is 0 Å². The van der Waals surface area contributed by atoms with Crippen LogP contribution in [-0.2, 0) is 9.59 Å². The van der Waals surface area contributed by atoms with Crippen molar-refractivity contribution in [3.63, 3.8) is 0 Å². The number of nitrogens with one attached hydrogen (secondary N) is 2. The molecular formula is C42H51N11O6. The van der Waals surface area contributed by atoms with E-state index in [1.165, 1.54) is 0 Å². The van der Waals surface area contributed by atoms with E-state index in [1.807, 2.05) is 30.1 Å². The lowest BCUT2D eigenvalue weighted by atomic mass is 9.72. The van der Waals surface area contributed by atoms with Crippen LogP contribution in [0.4, 0.5) is 33.5 Å². The summed E-state index contributed by atoms with van der Waals surface area (Å²) < 4.78 is 0. The first-order valence-corrected chi connectivity index (χ1v) is 20.6. The van der Waals surface area contributed by atoms with Gasteiger partial charge in [0.25, 0.3) is 17.7 Å². The predicted octanol–water partition coefficient (Wildman–Crippen LogP) is 3.19. The summed E-state index contributed by atoms with van der Waals surface area (Å²) >= 11 is 0. The van der Waals surface area contributed by atoms with Crippen molar-refractivity contribution in [1.82, 2.24) is 30.0 Å². The molecule has 17 heteroatoms. The normalized spacial score (nSPS) is 23.3. The molecule has 9 rings (SSSR count). The smallest absolute Gasteiger partial charge is 0.320 e. The van der Waals surface area contributed by atoms with Crippen molar-refractivity contribution in [2.24, 2.45) is 11.1 Å². The molecular weight excluding hydrogens is 755 g/mol. The van der Waals surface area contributed by atoms with E-state index in [-0.39, 0.29) is 48.8 Å². The maximum Gasteiger partial charge on any atom is 0.320 e. The molecule has 6 aliphatic rings. The van der Waals surface area contributed by atoms with Crippen LogP contribution in [0.2, 0.25) is 0 Å². The van der Waals surface area contributed by atoms with Gasteiger partial charge in [-0.2, -0.15) is 0 Å². The highest BCUT2D eigenvalue weighted by Gasteiger charge is 2.45. The first-order valence-electron chi connectivity index (χ1n) is 20.6. The lowest BCUT2D eigenvalue weighted by Gasteiger charge is -2.49. The summed E-state index contributed by atoms with van der Waals surface area (Å²) in [6, 6.07) is 12.6. The van der Waals surface area contributed by atoms with Crippen molar-refractivity contribution in [3.8, 4) is 0 Å². The minimum Gasteiger partial charge on any atom is -0.371 e. The number of nitrogens with two attached hydrogens (primary N) is 1. The van der Waals surface area contributed by atoms with Gasteiger partial charge in [-0.25, -0.2) is 14.8 Å². The monoisotopic (exact) mass is 805 g/mol. The molecule has 4 N–H and O–H groups in total. The third-order valence-corrected chi connectivity index (χ3v) is 13.2. The van der Waals surface area contributed by atoms with Crippen molar-refractivity contribution < 1.29 is 30.2 Å². The summed E-state index contributed by atoms with van der Waals surface area (Å²) in [5.74, 6) is -1.77. The Balaban J connectivity index is 0.00000499. The Kier molecular flexibility index (Phi) is 9.83.